The van der Waals surface area contributed by atoms with Gasteiger partial charge in [-0.1, -0.05) is 19.1 Å². The summed E-state index contributed by atoms with van der Waals surface area (Å²) in [5, 5.41) is 5.29. The van der Waals surface area contributed by atoms with Gasteiger partial charge in [0.1, 0.15) is 0 Å². The van der Waals surface area contributed by atoms with Gasteiger partial charge in [-0.3, -0.25) is 10.1 Å². The SMILES string of the molecule is C=CC(C)CC(=O)Nc1cccc(NC(=O)OC)c1. The van der Waals surface area contributed by atoms with Crippen molar-refractivity contribution in [1.29, 1.82) is 0 Å². The molecule has 5 nitrogen and oxygen atoms in total. The highest BCUT2D eigenvalue weighted by Crippen LogP contribution is 2.16. The Bertz CT molecular complexity index is 472. The summed E-state index contributed by atoms with van der Waals surface area (Å²) in [5.41, 5.74) is 1.18. The second kappa shape index (κ2) is 7.20. The van der Waals surface area contributed by atoms with E-state index < -0.39 is 6.09 Å². The number of anilines is 2. The van der Waals surface area contributed by atoms with E-state index in [1.54, 1.807) is 30.3 Å². The Balaban J connectivity index is 2.64. The zero-order valence-corrected chi connectivity index (χ0v) is 11.1. The summed E-state index contributed by atoms with van der Waals surface area (Å²) in [4.78, 5) is 22.8. The van der Waals surface area contributed by atoms with Crippen molar-refractivity contribution in [3.05, 3.63) is 36.9 Å². The van der Waals surface area contributed by atoms with Crippen LogP contribution in [0.5, 0.6) is 0 Å². The minimum Gasteiger partial charge on any atom is -0.453 e. The van der Waals surface area contributed by atoms with Crippen LogP contribution in [-0.2, 0) is 9.53 Å². The summed E-state index contributed by atoms with van der Waals surface area (Å²) in [6.07, 6.45) is 1.55. The van der Waals surface area contributed by atoms with E-state index in [0.29, 0.717) is 17.8 Å². The number of ether oxygens (including phenoxy) is 1. The number of carbonyl (C=O) groups is 2. The molecule has 1 unspecified atom stereocenters. The van der Waals surface area contributed by atoms with Crippen molar-refractivity contribution in [2.24, 2.45) is 5.92 Å². The fourth-order valence-electron chi connectivity index (χ4n) is 1.43. The smallest absolute Gasteiger partial charge is 0.411 e. The van der Waals surface area contributed by atoms with Crippen molar-refractivity contribution in [1.82, 2.24) is 0 Å². The molecule has 102 valence electrons. The third-order valence-corrected chi connectivity index (χ3v) is 2.49. The molecule has 0 fully saturated rings. The zero-order valence-electron chi connectivity index (χ0n) is 11.1. The van der Waals surface area contributed by atoms with Gasteiger partial charge < -0.3 is 10.1 Å². The summed E-state index contributed by atoms with van der Waals surface area (Å²) in [7, 11) is 1.29. The van der Waals surface area contributed by atoms with E-state index in [-0.39, 0.29) is 11.8 Å². The molecule has 1 aromatic rings. The van der Waals surface area contributed by atoms with Crippen molar-refractivity contribution in [3.63, 3.8) is 0 Å². The highest BCUT2D eigenvalue weighted by molar-refractivity contribution is 5.92. The lowest BCUT2D eigenvalue weighted by molar-refractivity contribution is -0.116. The topological polar surface area (TPSA) is 67.4 Å². The third kappa shape index (κ3) is 5.25. The average Bonchev–Trinajstić information content (AvgIpc) is 2.38. The number of methoxy groups -OCH3 is 1. The van der Waals surface area contributed by atoms with Crippen LogP contribution in [0.4, 0.5) is 16.2 Å². The minimum atomic E-state index is -0.552. The molecule has 5 heteroatoms. The van der Waals surface area contributed by atoms with Gasteiger partial charge in [0.05, 0.1) is 7.11 Å². The largest absolute Gasteiger partial charge is 0.453 e. The number of carbonyl (C=O) groups excluding carboxylic acids is 2. The average molecular weight is 262 g/mol. The molecule has 1 aromatic carbocycles. The predicted molar refractivity (Wildman–Crippen MR) is 75.1 cm³/mol. The van der Waals surface area contributed by atoms with E-state index >= 15 is 0 Å². The fourth-order valence-corrected chi connectivity index (χ4v) is 1.43. The second-order valence-electron chi connectivity index (χ2n) is 4.16. The Kier molecular flexibility index (Phi) is 5.60. The third-order valence-electron chi connectivity index (χ3n) is 2.49. The second-order valence-corrected chi connectivity index (χ2v) is 4.16. The lowest BCUT2D eigenvalue weighted by Crippen LogP contribution is -2.15. The molecule has 1 atom stereocenters. The Labute approximate surface area is 112 Å². The summed E-state index contributed by atoms with van der Waals surface area (Å²) < 4.78 is 4.49. The first-order valence-corrected chi connectivity index (χ1v) is 5.92. The Morgan fingerprint density at radius 3 is 2.58 bits per heavy atom. The lowest BCUT2D eigenvalue weighted by Gasteiger charge is -2.09. The van der Waals surface area contributed by atoms with Crippen LogP contribution in [0.25, 0.3) is 0 Å². The maximum absolute atomic E-state index is 11.7. The van der Waals surface area contributed by atoms with Crippen LogP contribution in [0.3, 0.4) is 0 Å². The monoisotopic (exact) mass is 262 g/mol. The molecule has 0 aliphatic heterocycles. The molecular weight excluding hydrogens is 244 g/mol. The van der Waals surface area contributed by atoms with E-state index in [9.17, 15) is 9.59 Å². The summed E-state index contributed by atoms with van der Waals surface area (Å²) in [6, 6.07) is 6.85. The first kappa shape index (κ1) is 14.8. The van der Waals surface area contributed by atoms with Gasteiger partial charge in [-0.15, -0.1) is 6.58 Å². The van der Waals surface area contributed by atoms with Gasteiger partial charge in [0.2, 0.25) is 5.91 Å². The van der Waals surface area contributed by atoms with E-state index in [1.807, 2.05) is 6.92 Å². The van der Waals surface area contributed by atoms with Crippen molar-refractivity contribution in [3.8, 4) is 0 Å². The summed E-state index contributed by atoms with van der Waals surface area (Å²) >= 11 is 0. The van der Waals surface area contributed by atoms with E-state index in [4.69, 9.17) is 0 Å². The van der Waals surface area contributed by atoms with Gasteiger partial charge >= 0.3 is 6.09 Å². The van der Waals surface area contributed by atoms with E-state index in [0.717, 1.165) is 0 Å². The Hall–Kier alpha value is -2.30. The fraction of sp³-hybridized carbons (Fsp3) is 0.286. The summed E-state index contributed by atoms with van der Waals surface area (Å²) in [6.45, 7) is 5.55. The molecule has 0 saturated carbocycles. The van der Waals surface area contributed by atoms with Crippen molar-refractivity contribution in [2.45, 2.75) is 13.3 Å². The molecule has 0 heterocycles. The molecule has 0 spiro atoms. The standard InChI is InChI=1S/C14H18N2O3/c1-4-10(2)8-13(17)15-11-6-5-7-12(9-11)16-14(18)19-3/h4-7,9-10H,1,8H2,2-3H3,(H,15,17)(H,16,18). The molecule has 0 saturated heterocycles. The number of hydrogen-bond acceptors (Lipinski definition) is 3. The first-order valence-electron chi connectivity index (χ1n) is 5.92. The van der Waals surface area contributed by atoms with Gasteiger partial charge in [0, 0.05) is 17.8 Å². The number of benzene rings is 1. The van der Waals surface area contributed by atoms with Crippen LogP contribution < -0.4 is 10.6 Å². The van der Waals surface area contributed by atoms with Crippen molar-refractivity contribution >= 4 is 23.4 Å². The van der Waals surface area contributed by atoms with E-state index in [1.165, 1.54) is 7.11 Å². The van der Waals surface area contributed by atoms with Gasteiger partial charge in [-0.05, 0) is 24.1 Å². The summed E-state index contributed by atoms with van der Waals surface area (Å²) in [5.74, 6) is 0.0268. The Morgan fingerprint density at radius 2 is 2.00 bits per heavy atom. The van der Waals surface area contributed by atoms with Gasteiger partial charge in [0.25, 0.3) is 0 Å². The number of amides is 2. The number of nitrogens with one attached hydrogen (secondary N) is 2. The Morgan fingerprint density at radius 1 is 1.37 bits per heavy atom. The maximum atomic E-state index is 11.7. The quantitative estimate of drug-likeness (QED) is 0.801. The molecule has 2 N–H and O–H groups in total. The highest BCUT2D eigenvalue weighted by Gasteiger charge is 2.07. The number of hydrogen-bond donors (Lipinski definition) is 2. The minimum absolute atomic E-state index is 0.0948. The van der Waals surface area contributed by atoms with Crippen LogP contribution in [0.15, 0.2) is 36.9 Å². The zero-order chi connectivity index (χ0) is 14.3. The lowest BCUT2D eigenvalue weighted by atomic mass is 10.1. The van der Waals surface area contributed by atoms with Crippen molar-refractivity contribution in [2.75, 3.05) is 17.7 Å². The van der Waals surface area contributed by atoms with Crippen molar-refractivity contribution < 1.29 is 14.3 Å². The van der Waals surface area contributed by atoms with Crippen LogP contribution in [0, 0.1) is 5.92 Å². The number of allylic oxidation sites excluding steroid dienone is 1. The molecule has 19 heavy (non-hydrogen) atoms. The molecule has 0 radical (unpaired) electrons. The van der Waals surface area contributed by atoms with Crippen LogP contribution in [0.2, 0.25) is 0 Å². The van der Waals surface area contributed by atoms with E-state index in [2.05, 4.69) is 21.9 Å². The number of rotatable bonds is 5. The van der Waals surface area contributed by atoms with Crippen LogP contribution in [0.1, 0.15) is 13.3 Å². The molecule has 0 aliphatic rings. The first-order chi connectivity index (χ1) is 9.05. The highest BCUT2D eigenvalue weighted by atomic mass is 16.5. The molecule has 0 bridgehead atoms. The molecule has 1 rings (SSSR count). The van der Waals surface area contributed by atoms with Crippen LogP contribution in [-0.4, -0.2) is 19.1 Å². The maximum Gasteiger partial charge on any atom is 0.411 e. The molecular formula is C14H18N2O3. The van der Waals surface area contributed by atoms with Gasteiger partial charge in [0.15, 0.2) is 0 Å². The molecule has 2 amide bonds. The van der Waals surface area contributed by atoms with Gasteiger partial charge in [-0.25, -0.2) is 4.79 Å². The van der Waals surface area contributed by atoms with Crippen LogP contribution >= 0.6 is 0 Å². The predicted octanol–water partition coefficient (Wildman–Crippen LogP) is 3.02. The van der Waals surface area contributed by atoms with Gasteiger partial charge in [-0.2, -0.15) is 0 Å². The molecule has 0 aliphatic carbocycles. The molecule has 0 aromatic heterocycles. The normalized spacial score (nSPS) is 11.3.